The van der Waals surface area contributed by atoms with E-state index >= 15 is 0 Å². The van der Waals surface area contributed by atoms with Crippen molar-refractivity contribution >= 4 is 8.07 Å². The molecule has 0 aromatic rings. The summed E-state index contributed by atoms with van der Waals surface area (Å²) in [6, 6.07) is 0. The molecule has 0 aromatic carbocycles. The van der Waals surface area contributed by atoms with E-state index in [0.717, 1.165) is 12.8 Å². The first-order valence-electron chi connectivity index (χ1n) is 7.20. The quantitative estimate of drug-likeness (QED) is 0.340. The Morgan fingerprint density at radius 3 is 2.40 bits per heavy atom. The second-order valence-electron chi connectivity index (χ2n) is 5.74. The van der Waals surface area contributed by atoms with Gasteiger partial charge in [-0.1, -0.05) is 51.2 Å². The highest BCUT2D eigenvalue weighted by molar-refractivity contribution is 6.83. The van der Waals surface area contributed by atoms with Gasteiger partial charge in [-0.3, -0.25) is 0 Å². The van der Waals surface area contributed by atoms with E-state index in [1.165, 1.54) is 12.8 Å². The molecule has 0 aromatic heterocycles. The minimum atomic E-state index is -1.50. The highest BCUT2D eigenvalue weighted by Gasteiger charge is 2.16. The maximum absolute atomic E-state index is 10.0. The van der Waals surface area contributed by atoms with Crippen molar-refractivity contribution in [3.8, 4) is 23.3 Å². The van der Waals surface area contributed by atoms with Gasteiger partial charge in [0.25, 0.3) is 0 Å². The van der Waals surface area contributed by atoms with Gasteiger partial charge >= 0.3 is 0 Å². The van der Waals surface area contributed by atoms with Gasteiger partial charge < -0.3 is 14.6 Å². The zero-order valence-electron chi connectivity index (χ0n) is 13.5. The molecular formula is C16H28O3Si. The summed E-state index contributed by atoms with van der Waals surface area (Å²) in [6.45, 7) is 8.71. The van der Waals surface area contributed by atoms with Crippen LogP contribution in [-0.2, 0) is 9.47 Å². The van der Waals surface area contributed by atoms with E-state index in [9.17, 15) is 5.11 Å². The Morgan fingerprint density at radius 2 is 1.85 bits per heavy atom. The molecular weight excluding hydrogens is 268 g/mol. The second kappa shape index (κ2) is 10.9. The lowest BCUT2D eigenvalue weighted by atomic mass is 10.2. The van der Waals surface area contributed by atoms with Crippen molar-refractivity contribution in [2.45, 2.75) is 64.5 Å². The van der Waals surface area contributed by atoms with E-state index in [2.05, 4.69) is 49.9 Å². The average molecular weight is 296 g/mol. The Labute approximate surface area is 125 Å². The van der Waals surface area contributed by atoms with Crippen molar-refractivity contribution < 1.29 is 14.6 Å². The molecule has 0 aliphatic carbocycles. The molecule has 0 saturated heterocycles. The normalized spacial score (nSPS) is 13.7. The average Bonchev–Trinajstić information content (AvgIpc) is 2.37. The highest BCUT2D eigenvalue weighted by atomic mass is 28.3. The molecule has 0 spiro atoms. The van der Waals surface area contributed by atoms with E-state index in [-0.39, 0.29) is 6.79 Å². The molecule has 20 heavy (non-hydrogen) atoms. The molecule has 1 N–H and O–H groups in total. The lowest BCUT2D eigenvalue weighted by Crippen LogP contribution is -2.28. The zero-order chi connectivity index (χ0) is 15.4. The molecule has 0 unspecified atom stereocenters. The second-order valence-corrected chi connectivity index (χ2v) is 10.5. The molecule has 0 radical (unpaired) electrons. The summed E-state index contributed by atoms with van der Waals surface area (Å²) in [5.41, 5.74) is 3.20. The minimum Gasteiger partial charge on any atom is -0.377 e. The van der Waals surface area contributed by atoms with Crippen LogP contribution in [0, 0.1) is 23.3 Å². The van der Waals surface area contributed by atoms with Crippen molar-refractivity contribution in [2.75, 3.05) is 13.9 Å². The zero-order valence-corrected chi connectivity index (χ0v) is 14.5. The summed E-state index contributed by atoms with van der Waals surface area (Å²) in [7, 11) is 0.0523. The van der Waals surface area contributed by atoms with Crippen LogP contribution in [0.2, 0.25) is 19.6 Å². The summed E-state index contributed by atoms with van der Waals surface area (Å²) in [6.07, 6.45) is 2.75. The Balaban J connectivity index is 4.54. The molecule has 2 atom stereocenters. The van der Waals surface area contributed by atoms with Crippen molar-refractivity contribution in [3.05, 3.63) is 0 Å². The first-order valence-corrected chi connectivity index (χ1v) is 10.7. The number of hydrogen-bond acceptors (Lipinski definition) is 3. The van der Waals surface area contributed by atoms with E-state index < -0.39 is 20.3 Å². The fourth-order valence-electron chi connectivity index (χ4n) is 1.36. The standard InChI is InChI=1S/C16H28O3Si/c1-6-7-8-9-10-11-15(17)16(19-14-18-2)12-13-20(3,4)5/h15-17H,6-9,14H2,1-5H3/t15-,16+/m0/s1. The van der Waals surface area contributed by atoms with Crippen molar-refractivity contribution in [2.24, 2.45) is 0 Å². The number of rotatable bonds is 7. The van der Waals surface area contributed by atoms with Gasteiger partial charge in [0.05, 0.1) is 0 Å². The van der Waals surface area contributed by atoms with Crippen LogP contribution in [0.1, 0.15) is 32.6 Å². The molecule has 0 amide bonds. The van der Waals surface area contributed by atoms with E-state index in [1.54, 1.807) is 7.11 Å². The van der Waals surface area contributed by atoms with Gasteiger partial charge in [0.2, 0.25) is 0 Å². The minimum absolute atomic E-state index is 0.111. The number of methoxy groups -OCH3 is 1. The molecule has 0 fully saturated rings. The first-order chi connectivity index (χ1) is 9.40. The van der Waals surface area contributed by atoms with Crippen LogP contribution >= 0.6 is 0 Å². The van der Waals surface area contributed by atoms with Crippen LogP contribution in [-0.4, -0.2) is 39.3 Å². The van der Waals surface area contributed by atoms with Crippen LogP contribution in [0.4, 0.5) is 0 Å². The van der Waals surface area contributed by atoms with Gasteiger partial charge in [-0.25, -0.2) is 0 Å². The predicted molar refractivity (Wildman–Crippen MR) is 85.8 cm³/mol. The molecule has 114 valence electrons. The molecule has 0 rings (SSSR count). The van der Waals surface area contributed by atoms with Crippen LogP contribution < -0.4 is 0 Å². The Morgan fingerprint density at radius 1 is 1.15 bits per heavy atom. The molecule has 3 nitrogen and oxygen atoms in total. The number of unbranched alkanes of at least 4 members (excludes halogenated alkanes) is 3. The van der Waals surface area contributed by atoms with E-state index in [0.29, 0.717) is 0 Å². The van der Waals surface area contributed by atoms with E-state index in [1.807, 2.05) is 0 Å². The maximum atomic E-state index is 10.0. The number of aliphatic hydroxyl groups is 1. The SMILES string of the molecule is CCCCCC#C[C@H](O)[C@@H](C#C[Si](C)(C)C)OCOC. The molecule has 0 aliphatic rings. The molecule has 0 heterocycles. The van der Waals surface area contributed by atoms with Crippen LogP contribution in [0.3, 0.4) is 0 Å². The van der Waals surface area contributed by atoms with Crippen LogP contribution in [0.15, 0.2) is 0 Å². The summed E-state index contributed by atoms with van der Waals surface area (Å²) < 4.78 is 10.3. The summed E-state index contributed by atoms with van der Waals surface area (Å²) in [5, 5.41) is 10.0. The van der Waals surface area contributed by atoms with Crippen LogP contribution in [0.25, 0.3) is 0 Å². The topological polar surface area (TPSA) is 38.7 Å². The summed E-state index contributed by atoms with van der Waals surface area (Å²) in [4.78, 5) is 0. The van der Waals surface area contributed by atoms with Gasteiger partial charge in [-0.2, -0.15) is 0 Å². The fourth-order valence-corrected chi connectivity index (χ4v) is 1.93. The third-order valence-corrected chi connectivity index (χ3v) is 3.29. The van der Waals surface area contributed by atoms with Gasteiger partial charge in [-0.05, 0) is 6.42 Å². The Bertz CT molecular complexity index is 365. The fraction of sp³-hybridized carbons (Fsp3) is 0.750. The third-order valence-electron chi connectivity index (χ3n) is 2.40. The largest absolute Gasteiger partial charge is 0.377 e. The van der Waals surface area contributed by atoms with Gasteiger partial charge in [0.1, 0.15) is 14.9 Å². The Hall–Kier alpha value is -0.783. The molecule has 0 saturated carbocycles. The summed E-state index contributed by atoms with van der Waals surface area (Å²) in [5.74, 6) is 8.82. The molecule has 0 aliphatic heterocycles. The highest BCUT2D eigenvalue weighted by Crippen LogP contribution is 2.03. The monoisotopic (exact) mass is 296 g/mol. The van der Waals surface area contributed by atoms with Crippen LogP contribution in [0.5, 0.6) is 0 Å². The number of hydrogen-bond donors (Lipinski definition) is 1. The number of ether oxygens (including phenoxy) is 2. The predicted octanol–water partition coefficient (Wildman–Crippen LogP) is 2.80. The number of aliphatic hydroxyl groups excluding tert-OH is 1. The summed E-state index contributed by atoms with van der Waals surface area (Å²) >= 11 is 0. The lowest BCUT2D eigenvalue weighted by Gasteiger charge is -2.14. The van der Waals surface area contributed by atoms with Gasteiger partial charge in [0.15, 0.2) is 12.2 Å². The van der Waals surface area contributed by atoms with Crippen molar-refractivity contribution in [3.63, 3.8) is 0 Å². The smallest absolute Gasteiger partial charge is 0.157 e. The molecule has 0 bridgehead atoms. The van der Waals surface area contributed by atoms with Crippen molar-refractivity contribution in [1.82, 2.24) is 0 Å². The molecule has 4 heteroatoms. The lowest BCUT2D eigenvalue weighted by molar-refractivity contribution is -0.0779. The maximum Gasteiger partial charge on any atom is 0.157 e. The van der Waals surface area contributed by atoms with Gasteiger partial charge in [0, 0.05) is 13.5 Å². The first kappa shape index (κ1) is 19.2. The third kappa shape index (κ3) is 11.1. The van der Waals surface area contributed by atoms with Gasteiger partial charge in [-0.15, -0.1) is 11.5 Å². The Kier molecular flexibility index (Phi) is 10.5. The van der Waals surface area contributed by atoms with E-state index in [4.69, 9.17) is 9.47 Å². The van der Waals surface area contributed by atoms with Crippen molar-refractivity contribution in [1.29, 1.82) is 0 Å².